The Balaban J connectivity index is 1.39. The Kier molecular flexibility index (Phi) is 4.65. The van der Waals surface area contributed by atoms with Crippen LogP contribution in [-0.4, -0.2) is 72.6 Å². The van der Waals surface area contributed by atoms with Crippen LogP contribution in [-0.2, 0) is 12.1 Å². The summed E-state index contributed by atoms with van der Waals surface area (Å²) in [6, 6.07) is 0.681. The Morgan fingerprint density at radius 3 is 2.90 bits per heavy atom. The highest BCUT2D eigenvalue weighted by Gasteiger charge is 2.47. The number of amides is 2. The average molecular weight is 429 g/mol. The van der Waals surface area contributed by atoms with Crippen LogP contribution >= 0.6 is 0 Å². The standard InChI is InChI=1S/C21H29FN8O/c1-12-8-28-7-5-6-14(28)9-29(12)20(31)30-10-15-17(21(30,3)4)26-27-18(15)25-19-16(22)13(2)23-11-24-19/h11-12,14H,5-10H2,1-4H3,(H2,23,24,25,26,27)/t12-,14?/m0/s1. The van der Waals surface area contributed by atoms with Crippen molar-refractivity contribution in [2.45, 2.75) is 64.7 Å². The molecule has 9 nitrogen and oxygen atoms in total. The lowest BCUT2D eigenvalue weighted by Crippen LogP contribution is -2.60. The quantitative estimate of drug-likeness (QED) is 0.764. The van der Waals surface area contributed by atoms with Crippen LogP contribution in [0.4, 0.5) is 20.8 Å². The molecule has 31 heavy (non-hydrogen) atoms. The van der Waals surface area contributed by atoms with Crippen LogP contribution in [0, 0.1) is 12.7 Å². The van der Waals surface area contributed by atoms with Gasteiger partial charge in [0, 0.05) is 30.7 Å². The molecule has 2 aromatic heterocycles. The first-order chi connectivity index (χ1) is 14.8. The molecule has 2 atom stereocenters. The molecule has 5 rings (SSSR count). The summed E-state index contributed by atoms with van der Waals surface area (Å²) < 4.78 is 14.4. The van der Waals surface area contributed by atoms with E-state index >= 15 is 0 Å². The third-order valence-corrected chi connectivity index (χ3v) is 7.08. The van der Waals surface area contributed by atoms with Gasteiger partial charge in [-0.1, -0.05) is 0 Å². The molecule has 10 heteroatoms. The fraction of sp³-hybridized carbons (Fsp3) is 0.619. The second-order valence-corrected chi connectivity index (χ2v) is 9.39. The molecule has 3 aliphatic rings. The van der Waals surface area contributed by atoms with Crippen LogP contribution in [0.5, 0.6) is 0 Å². The van der Waals surface area contributed by atoms with E-state index in [9.17, 15) is 9.18 Å². The number of aryl methyl sites for hydroxylation is 1. The molecule has 1 unspecified atom stereocenters. The lowest BCUT2D eigenvalue weighted by molar-refractivity contribution is 0.0454. The van der Waals surface area contributed by atoms with Crippen LogP contribution in [0.25, 0.3) is 0 Å². The molecular formula is C21H29FN8O. The summed E-state index contributed by atoms with van der Waals surface area (Å²) in [5.41, 5.74) is 1.44. The summed E-state index contributed by atoms with van der Waals surface area (Å²) in [5.74, 6) is 0.0621. The number of anilines is 2. The second-order valence-electron chi connectivity index (χ2n) is 9.39. The van der Waals surface area contributed by atoms with Crippen molar-refractivity contribution in [1.29, 1.82) is 0 Å². The maximum absolute atomic E-state index is 14.4. The third kappa shape index (κ3) is 3.15. The number of rotatable bonds is 2. The maximum atomic E-state index is 14.4. The molecular weight excluding hydrogens is 399 g/mol. The lowest BCUT2D eigenvalue weighted by Gasteiger charge is -2.45. The molecule has 166 valence electrons. The number of aromatic amines is 1. The summed E-state index contributed by atoms with van der Waals surface area (Å²) in [4.78, 5) is 27.9. The number of piperazine rings is 1. The van der Waals surface area contributed by atoms with Gasteiger partial charge in [0.25, 0.3) is 0 Å². The van der Waals surface area contributed by atoms with Crippen molar-refractivity contribution in [2.24, 2.45) is 0 Å². The van der Waals surface area contributed by atoms with Crippen molar-refractivity contribution in [3.05, 3.63) is 29.1 Å². The molecule has 2 saturated heterocycles. The first kappa shape index (κ1) is 20.2. The van der Waals surface area contributed by atoms with Gasteiger partial charge in [0.15, 0.2) is 17.5 Å². The molecule has 5 heterocycles. The molecule has 2 aromatic rings. The highest BCUT2D eigenvalue weighted by atomic mass is 19.1. The zero-order chi connectivity index (χ0) is 21.9. The Bertz CT molecular complexity index is 1020. The number of aromatic nitrogens is 4. The molecule has 0 radical (unpaired) electrons. The van der Waals surface area contributed by atoms with Crippen molar-refractivity contribution in [1.82, 2.24) is 34.9 Å². The van der Waals surface area contributed by atoms with Crippen LogP contribution < -0.4 is 5.32 Å². The fourth-order valence-electron chi connectivity index (χ4n) is 5.19. The van der Waals surface area contributed by atoms with Gasteiger partial charge in [-0.3, -0.25) is 10.00 Å². The van der Waals surface area contributed by atoms with E-state index < -0.39 is 11.4 Å². The molecule has 0 spiro atoms. The van der Waals surface area contributed by atoms with Gasteiger partial charge in [-0.25, -0.2) is 19.2 Å². The number of carbonyl (C=O) groups is 1. The van der Waals surface area contributed by atoms with Crippen LogP contribution in [0.15, 0.2) is 6.33 Å². The summed E-state index contributed by atoms with van der Waals surface area (Å²) in [7, 11) is 0. The lowest BCUT2D eigenvalue weighted by atomic mass is 10.0. The molecule has 0 bridgehead atoms. The van der Waals surface area contributed by atoms with Gasteiger partial charge in [0.1, 0.15) is 6.33 Å². The van der Waals surface area contributed by atoms with E-state index in [0.717, 1.165) is 37.3 Å². The number of nitrogens with zero attached hydrogens (tertiary/aromatic N) is 6. The third-order valence-electron chi connectivity index (χ3n) is 7.08. The number of hydrogen-bond acceptors (Lipinski definition) is 6. The van der Waals surface area contributed by atoms with E-state index in [1.165, 1.54) is 12.7 Å². The smallest absolute Gasteiger partial charge is 0.321 e. The summed E-state index contributed by atoms with van der Waals surface area (Å²) in [6.45, 7) is 11.0. The van der Waals surface area contributed by atoms with Gasteiger partial charge in [0.2, 0.25) is 0 Å². The molecule has 3 aliphatic heterocycles. The van der Waals surface area contributed by atoms with E-state index in [1.54, 1.807) is 6.92 Å². The van der Waals surface area contributed by atoms with Crippen molar-refractivity contribution < 1.29 is 9.18 Å². The summed E-state index contributed by atoms with van der Waals surface area (Å²) in [5, 5.41) is 10.4. The molecule has 2 amide bonds. The zero-order valence-electron chi connectivity index (χ0n) is 18.4. The molecule has 0 aromatic carbocycles. The Hall–Kier alpha value is -2.75. The fourth-order valence-corrected chi connectivity index (χ4v) is 5.19. The van der Waals surface area contributed by atoms with Gasteiger partial charge in [-0.05, 0) is 47.1 Å². The minimum atomic E-state index is -0.550. The first-order valence-corrected chi connectivity index (χ1v) is 10.9. The van der Waals surface area contributed by atoms with Crippen LogP contribution in [0.1, 0.15) is 50.6 Å². The van der Waals surface area contributed by atoms with Crippen LogP contribution in [0.2, 0.25) is 0 Å². The molecule has 0 saturated carbocycles. The van der Waals surface area contributed by atoms with Crippen LogP contribution in [0.3, 0.4) is 0 Å². The molecule has 0 aliphatic carbocycles. The van der Waals surface area contributed by atoms with Gasteiger partial charge in [-0.2, -0.15) is 5.10 Å². The van der Waals surface area contributed by atoms with E-state index in [0.29, 0.717) is 18.4 Å². The largest absolute Gasteiger partial charge is 0.321 e. The molecule has 2 fully saturated rings. The van der Waals surface area contributed by atoms with Gasteiger partial charge in [-0.15, -0.1) is 0 Å². The SMILES string of the molecule is Cc1ncnc(Nc2n[nH]c3c2CN(C(=O)N2CC4CCCN4C[C@@H]2C)C3(C)C)c1F. The highest BCUT2D eigenvalue weighted by Crippen LogP contribution is 2.42. The van der Waals surface area contributed by atoms with E-state index in [4.69, 9.17) is 0 Å². The molecule has 2 N–H and O–H groups in total. The Morgan fingerprint density at radius 1 is 1.29 bits per heavy atom. The predicted molar refractivity (Wildman–Crippen MR) is 113 cm³/mol. The minimum Gasteiger partial charge on any atom is -0.321 e. The topological polar surface area (TPSA) is 93.3 Å². The number of hydrogen-bond donors (Lipinski definition) is 2. The van der Waals surface area contributed by atoms with Gasteiger partial charge < -0.3 is 15.1 Å². The number of H-pyrrole nitrogens is 1. The van der Waals surface area contributed by atoms with Crippen molar-refractivity contribution in [2.75, 3.05) is 25.0 Å². The van der Waals surface area contributed by atoms with E-state index in [1.807, 2.05) is 23.6 Å². The van der Waals surface area contributed by atoms with Crippen molar-refractivity contribution in [3.8, 4) is 0 Å². The summed E-state index contributed by atoms with van der Waals surface area (Å²) >= 11 is 0. The van der Waals surface area contributed by atoms with Gasteiger partial charge in [0.05, 0.1) is 23.5 Å². The first-order valence-electron chi connectivity index (χ1n) is 10.9. The van der Waals surface area contributed by atoms with E-state index in [2.05, 4.69) is 37.3 Å². The number of nitrogens with one attached hydrogen (secondary N) is 2. The van der Waals surface area contributed by atoms with Gasteiger partial charge >= 0.3 is 6.03 Å². The zero-order valence-corrected chi connectivity index (χ0v) is 18.4. The Morgan fingerprint density at radius 2 is 2.10 bits per heavy atom. The van der Waals surface area contributed by atoms with Crippen molar-refractivity contribution >= 4 is 17.7 Å². The second kappa shape index (κ2) is 7.15. The van der Waals surface area contributed by atoms with Crippen molar-refractivity contribution in [3.63, 3.8) is 0 Å². The minimum absolute atomic E-state index is 0.0451. The number of halogens is 1. The highest BCUT2D eigenvalue weighted by molar-refractivity contribution is 5.78. The number of urea groups is 1. The number of fused-ring (bicyclic) bond motifs is 2. The van der Waals surface area contributed by atoms with E-state index in [-0.39, 0.29) is 23.6 Å². The average Bonchev–Trinajstić information content (AvgIpc) is 3.40. The normalized spacial score (nSPS) is 24.9. The predicted octanol–water partition coefficient (Wildman–Crippen LogP) is 2.73. The number of carbonyl (C=O) groups excluding carboxylic acids is 1. The monoisotopic (exact) mass is 428 g/mol. The Labute approximate surface area is 181 Å². The maximum Gasteiger partial charge on any atom is 0.321 e. The summed E-state index contributed by atoms with van der Waals surface area (Å²) in [6.07, 6.45) is 3.68.